The minimum Gasteiger partial charge on any atom is -0.478 e. The first kappa shape index (κ1) is 16.2. The van der Waals surface area contributed by atoms with Crippen molar-refractivity contribution < 1.29 is 9.53 Å². The van der Waals surface area contributed by atoms with Crippen LogP contribution < -0.4 is 4.74 Å². The zero-order chi connectivity index (χ0) is 15.7. The third kappa shape index (κ3) is 3.17. The summed E-state index contributed by atoms with van der Waals surface area (Å²) in [6.45, 7) is 0. The van der Waals surface area contributed by atoms with Gasteiger partial charge in [0.15, 0.2) is 0 Å². The normalized spacial score (nSPS) is 26.7. The van der Waals surface area contributed by atoms with Gasteiger partial charge in [0.2, 0.25) is 9.90 Å². The Bertz CT molecular complexity index is 526. The van der Waals surface area contributed by atoms with E-state index in [0.717, 1.165) is 25.7 Å². The third-order valence-electron chi connectivity index (χ3n) is 4.39. The van der Waals surface area contributed by atoms with Gasteiger partial charge in [-0.05, 0) is 25.0 Å². The summed E-state index contributed by atoms with van der Waals surface area (Å²) in [5.74, 6) is 0.537. The van der Waals surface area contributed by atoms with Crippen LogP contribution in [0.25, 0.3) is 0 Å². The Hall–Kier alpha value is -0.640. The Balaban J connectivity index is 1.77. The molecule has 1 amide bonds. The Kier molecular flexibility index (Phi) is 4.77. The first-order valence-corrected chi connectivity index (χ1v) is 8.72. The van der Waals surface area contributed by atoms with Gasteiger partial charge in [-0.1, -0.05) is 72.3 Å². The number of para-hydroxylation sites is 1. The van der Waals surface area contributed by atoms with Crippen LogP contribution in [-0.2, 0) is 4.79 Å². The van der Waals surface area contributed by atoms with Crippen molar-refractivity contribution >= 4 is 40.7 Å². The molecule has 1 aromatic rings. The average molecular weight is 363 g/mol. The first-order chi connectivity index (χ1) is 10.5. The van der Waals surface area contributed by atoms with Gasteiger partial charge in [0, 0.05) is 6.04 Å². The molecule has 1 aromatic carbocycles. The zero-order valence-corrected chi connectivity index (χ0v) is 14.3. The number of nitrogens with zero attached hydrogens (tertiary/aromatic N) is 1. The summed E-state index contributed by atoms with van der Waals surface area (Å²) in [4.78, 5) is 14.3. The van der Waals surface area contributed by atoms with Gasteiger partial charge in [0.1, 0.15) is 11.8 Å². The number of rotatable bonds is 3. The van der Waals surface area contributed by atoms with Gasteiger partial charge in [-0.3, -0.25) is 4.79 Å². The smallest absolute Gasteiger partial charge is 0.266 e. The molecule has 0 aromatic heterocycles. The van der Waals surface area contributed by atoms with E-state index in [0.29, 0.717) is 5.75 Å². The Morgan fingerprint density at radius 2 is 1.68 bits per heavy atom. The molecule has 2 fully saturated rings. The highest BCUT2D eigenvalue weighted by atomic mass is 35.6. The minimum absolute atomic E-state index is 0.0768. The molecule has 3 rings (SSSR count). The predicted molar refractivity (Wildman–Crippen MR) is 88.7 cm³/mol. The number of carbonyl (C=O) groups excluding carboxylic acids is 1. The fraction of sp³-hybridized carbons (Fsp3) is 0.562. The van der Waals surface area contributed by atoms with E-state index in [9.17, 15) is 4.79 Å². The monoisotopic (exact) mass is 361 g/mol. The topological polar surface area (TPSA) is 29.5 Å². The second-order valence-electron chi connectivity index (χ2n) is 5.88. The van der Waals surface area contributed by atoms with E-state index in [2.05, 4.69) is 0 Å². The molecule has 1 saturated heterocycles. The van der Waals surface area contributed by atoms with Crippen molar-refractivity contribution in [2.24, 2.45) is 0 Å². The second-order valence-corrected chi connectivity index (χ2v) is 8.24. The van der Waals surface area contributed by atoms with E-state index in [1.807, 2.05) is 18.2 Å². The molecule has 1 heterocycles. The van der Waals surface area contributed by atoms with Crippen molar-refractivity contribution in [1.29, 1.82) is 0 Å². The fourth-order valence-electron chi connectivity index (χ4n) is 3.34. The molecule has 22 heavy (non-hydrogen) atoms. The summed E-state index contributed by atoms with van der Waals surface area (Å²) in [5.41, 5.74) is 0. The lowest BCUT2D eigenvalue weighted by Crippen LogP contribution is -2.73. The van der Waals surface area contributed by atoms with E-state index in [-0.39, 0.29) is 11.9 Å². The zero-order valence-electron chi connectivity index (χ0n) is 12.1. The van der Waals surface area contributed by atoms with Gasteiger partial charge in [-0.2, -0.15) is 0 Å². The van der Waals surface area contributed by atoms with Gasteiger partial charge >= 0.3 is 0 Å². The number of carbonyl (C=O) groups is 1. The molecule has 3 nitrogen and oxygen atoms in total. The molecule has 120 valence electrons. The lowest BCUT2D eigenvalue weighted by molar-refractivity contribution is -0.169. The van der Waals surface area contributed by atoms with Crippen LogP contribution in [0.15, 0.2) is 30.3 Å². The minimum atomic E-state index is -1.55. The van der Waals surface area contributed by atoms with Crippen LogP contribution >= 0.6 is 34.8 Å². The molecule has 0 bridgehead atoms. The second kappa shape index (κ2) is 6.46. The van der Waals surface area contributed by atoms with Gasteiger partial charge in [0.25, 0.3) is 5.91 Å². The van der Waals surface area contributed by atoms with Crippen LogP contribution in [0.2, 0.25) is 0 Å². The Morgan fingerprint density at radius 3 is 2.27 bits per heavy atom. The van der Waals surface area contributed by atoms with Crippen LogP contribution in [0.4, 0.5) is 0 Å². The molecule has 6 heteroatoms. The summed E-state index contributed by atoms with van der Waals surface area (Å²) in [6.07, 6.45) is 4.66. The molecule has 1 aliphatic carbocycles. The maximum Gasteiger partial charge on any atom is 0.266 e. The third-order valence-corrected chi connectivity index (χ3v) is 5.06. The Labute approximate surface area is 145 Å². The predicted octanol–water partition coefficient (Wildman–Crippen LogP) is 4.35. The summed E-state index contributed by atoms with van der Waals surface area (Å²) in [7, 11) is 0. The van der Waals surface area contributed by atoms with E-state index >= 15 is 0 Å². The van der Waals surface area contributed by atoms with Gasteiger partial charge in [-0.15, -0.1) is 0 Å². The van der Waals surface area contributed by atoms with Crippen molar-refractivity contribution in [2.75, 3.05) is 0 Å². The summed E-state index contributed by atoms with van der Waals surface area (Å²) in [5, 5.41) is 0. The van der Waals surface area contributed by atoms with E-state index in [4.69, 9.17) is 39.5 Å². The summed E-state index contributed by atoms with van der Waals surface area (Å²) < 4.78 is 4.23. The van der Waals surface area contributed by atoms with Crippen molar-refractivity contribution in [3.05, 3.63) is 30.3 Å². The van der Waals surface area contributed by atoms with E-state index in [1.165, 1.54) is 6.42 Å². The summed E-state index contributed by atoms with van der Waals surface area (Å²) in [6, 6.07) is 8.81. The maximum atomic E-state index is 12.5. The number of likely N-dealkylation sites (tertiary alicyclic amines) is 1. The highest BCUT2D eigenvalue weighted by Crippen LogP contribution is 2.45. The average Bonchev–Trinajstić information content (AvgIpc) is 2.50. The first-order valence-electron chi connectivity index (χ1n) is 7.59. The quantitative estimate of drug-likeness (QED) is 0.591. The van der Waals surface area contributed by atoms with Gasteiger partial charge in [-0.25, -0.2) is 0 Å². The number of β-lactam (4-membered cyclic amide) rings is 1. The van der Waals surface area contributed by atoms with E-state index in [1.54, 1.807) is 17.0 Å². The maximum absolute atomic E-state index is 12.5. The number of alkyl halides is 3. The van der Waals surface area contributed by atoms with E-state index < -0.39 is 15.9 Å². The van der Waals surface area contributed by atoms with Crippen LogP contribution in [0.3, 0.4) is 0 Å². The molecule has 1 aliphatic heterocycles. The molecule has 0 N–H and O–H groups in total. The van der Waals surface area contributed by atoms with Gasteiger partial charge in [0.05, 0.1) is 0 Å². The number of amides is 1. The van der Waals surface area contributed by atoms with Crippen molar-refractivity contribution in [2.45, 2.75) is 54.1 Å². The lowest BCUT2D eigenvalue weighted by atomic mass is 9.87. The molecule has 0 unspecified atom stereocenters. The van der Waals surface area contributed by atoms with Crippen LogP contribution in [0.1, 0.15) is 32.1 Å². The number of halogens is 3. The van der Waals surface area contributed by atoms with Gasteiger partial charge < -0.3 is 9.64 Å². The highest BCUT2D eigenvalue weighted by molar-refractivity contribution is 6.68. The molecular formula is C16H18Cl3NO2. The SMILES string of the molecule is O=C1[C@@H](Oc2ccccc2)[C@@H](C(Cl)(Cl)Cl)N1C1CCCCC1. The van der Waals surface area contributed by atoms with Crippen molar-refractivity contribution in [3.8, 4) is 5.75 Å². The molecular weight excluding hydrogens is 345 g/mol. The van der Waals surface area contributed by atoms with Crippen LogP contribution in [0.5, 0.6) is 5.75 Å². The Morgan fingerprint density at radius 1 is 1.05 bits per heavy atom. The lowest BCUT2D eigenvalue weighted by Gasteiger charge is -2.53. The number of hydrogen-bond donors (Lipinski definition) is 0. The number of benzene rings is 1. The molecule has 2 atom stereocenters. The number of hydrogen-bond acceptors (Lipinski definition) is 2. The summed E-state index contributed by atoms with van der Waals surface area (Å²) >= 11 is 18.4. The molecule has 0 spiro atoms. The largest absolute Gasteiger partial charge is 0.478 e. The van der Waals surface area contributed by atoms with Crippen molar-refractivity contribution in [3.63, 3.8) is 0 Å². The standard InChI is InChI=1S/C16H18Cl3NO2/c17-16(18,19)14-13(22-12-9-5-2-6-10-12)15(21)20(14)11-7-3-1-4-8-11/h2,5-6,9-11,13-14H,1,3-4,7-8H2/t13-,14-/m0/s1. The van der Waals surface area contributed by atoms with Crippen molar-refractivity contribution in [1.82, 2.24) is 4.90 Å². The molecule has 1 saturated carbocycles. The highest BCUT2D eigenvalue weighted by Gasteiger charge is 2.60. The molecule has 0 radical (unpaired) electrons. The molecule has 2 aliphatic rings. The fourth-order valence-corrected chi connectivity index (χ4v) is 4.00. The van der Waals surface area contributed by atoms with Crippen LogP contribution in [-0.4, -0.2) is 32.8 Å². The van der Waals surface area contributed by atoms with Crippen LogP contribution in [0, 0.1) is 0 Å². The number of ether oxygens (including phenoxy) is 1.